The minimum atomic E-state index is -0.843. The van der Waals surface area contributed by atoms with Gasteiger partial charge in [-0.05, 0) is 36.8 Å². The Bertz CT molecular complexity index is 1550. The second-order valence-electron chi connectivity index (χ2n) is 7.50. The van der Waals surface area contributed by atoms with Gasteiger partial charge in [0.1, 0.15) is 11.6 Å². The number of thiazole rings is 1. The Balaban J connectivity index is 1.84. The monoisotopic (exact) mass is 474 g/mol. The van der Waals surface area contributed by atoms with Gasteiger partial charge in [0.15, 0.2) is 4.80 Å². The number of ether oxygens (including phenoxy) is 1. The quantitative estimate of drug-likeness (QED) is 0.414. The number of nitrogens with zero attached hydrogens (tertiary/aromatic N) is 2. The molecule has 34 heavy (non-hydrogen) atoms. The number of carbonyl (C=O) groups excluding carboxylic acids is 1. The molecule has 0 N–H and O–H groups in total. The van der Waals surface area contributed by atoms with Crippen molar-refractivity contribution in [1.82, 2.24) is 4.57 Å². The van der Waals surface area contributed by atoms with Gasteiger partial charge in [0.05, 0.1) is 34.7 Å². The summed E-state index contributed by atoms with van der Waals surface area (Å²) < 4.78 is 26.4. The van der Waals surface area contributed by atoms with Crippen molar-refractivity contribution in [2.24, 2.45) is 4.99 Å². The molecule has 5 rings (SSSR count). The van der Waals surface area contributed by atoms with Gasteiger partial charge in [-0.2, -0.15) is 0 Å². The summed E-state index contributed by atoms with van der Waals surface area (Å²) in [5.74, 6) is -0.477. The molecule has 0 fully saturated rings. The molecule has 0 aliphatic carbocycles. The van der Waals surface area contributed by atoms with Gasteiger partial charge in [0.2, 0.25) is 0 Å². The fourth-order valence-corrected chi connectivity index (χ4v) is 4.88. The Morgan fingerprint density at radius 3 is 2.59 bits per heavy atom. The molecule has 170 valence electrons. The van der Waals surface area contributed by atoms with Crippen LogP contribution in [0.1, 0.15) is 29.9 Å². The van der Waals surface area contributed by atoms with Crippen LogP contribution < -0.4 is 14.9 Å². The van der Waals surface area contributed by atoms with Crippen molar-refractivity contribution in [3.05, 3.63) is 121 Å². The maximum absolute atomic E-state index is 13.8. The zero-order valence-electron chi connectivity index (χ0n) is 18.1. The number of furan rings is 1. The van der Waals surface area contributed by atoms with Crippen LogP contribution in [0.2, 0.25) is 0 Å². The summed E-state index contributed by atoms with van der Waals surface area (Å²) in [5.41, 5.74) is 1.58. The predicted molar refractivity (Wildman–Crippen MR) is 126 cm³/mol. The molecule has 0 radical (unpaired) electrons. The molecule has 1 atom stereocenters. The molecule has 1 aliphatic rings. The maximum Gasteiger partial charge on any atom is 0.338 e. The third-order valence-electron chi connectivity index (χ3n) is 5.38. The van der Waals surface area contributed by atoms with Crippen molar-refractivity contribution in [2.45, 2.75) is 13.0 Å². The second kappa shape index (κ2) is 9.07. The summed E-state index contributed by atoms with van der Waals surface area (Å²) >= 11 is 1.20. The van der Waals surface area contributed by atoms with Crippen molar-refractivity contribution < 1.29 is 18.3 Å². The first-order valence-corrected chi connectivity index (χ1v) is 11.5. The molecule has 2 aromatic carbocycles. The average Bonchev–Trinajstić information content (AvgIpc) is 3.47. The molecule has 8 heteroatoms. The maximum atomic E-state index is 13.8. The van der Waals surface area contributed by atoms with Crippen LogP contribution in [0.25, 0.3) is 11.8 Å². The smallest absolute Gasteiger partial charge is 0.338 e. The summed E-state index contributed by atoms with van der Waals surface area (Å²) in [6.07, 6.45) is 3.17. The number of fused-ring (bicyclic) bond motifs is 1. The second-order valence-corrected chi connectivity index (χ2v) is 8.51. The molecule has 0 saturated heterocycles. The number of hydrogen-bond donors (Lipinski definition) is 0. The Morgan fingerprint density at radius 1 is 1.15 bits per heavy atom. The van der Waals surface area contributed by atoms with E-state index in [9.17, 15) is 14.0 Å². The summed E-state index contributed by atoms with van der Waals surface area (Å²) in [5, 5.41) is 0. The van der Waals surface area contributed by atoms with Crippen LogP contribution in [0.3, 0.4) is 0 Å². The number of esters is 1. The lowest BCUT2D eigenvalue weighted by molar-refractivity contribution is -0.138. The summed E-state index contributed by atoms with van der Waals surface area (Å²) in [6, 6.07) is 17.6. The summed E-state index contributed by atoms with van der Waals surface area (Å²) in [4.78, 5) is 32.0. The Hall–Kier alpha value is -4.04. The van der Waals surface area contributed by atoms with Crippen LogP contribution in [-0.4, -0.2) is 17.1 Å². The van der Waals surface area contributed by atoms with Crippen LogP contribution in [0, 0.1) is 5.82 Å². The molecule has 2 aromatic heterocycles. The third kappa shape index (κ3) is 3.92. The van der Waals surface area contributed by atoms with Crippen molar-refractivity contribution in [1.29, 1.82) is 0 Å². The number of aromatic nitrogens is 1. The molecule has 1 aliphatic heterocycles. The van der Waals surface area contributed by atoms with Gasteiger partial charge in [0.25, 0.3) is 5.56 Å². The van der Waals surface area contributed by atoms with E-state index < -0.39 is 17.8 Å². The first kappa shape index (κ1) is 21.8. The van der Waals surface area contributed by atoms with Gasteiger partial charge < -0.3 is 9.15 Å². The van der Waals surface area contributed by atoms with E-state index in [-0.39, 0.29) is 17.7 Å². The van der Waals surface area contributed by atoms with Gasteiger partial charge >= 0.3 is 5.97 Å². The van der Waals surface area contributed by atoms with E-state index in [0.717, 1.165) is 0 Å². The van der Waals surface area contributed by atoms with Crippen molar-refractivity contribution >= 4 is 29.1 Å². The van der Waals surface area contributed by atoms with E-state index in [1.54, 1.807) is 37.3 Å². The molecule has 0 spiro atoms. The van der Waals surface area contributed by atoms with Crippen LogP contribution in [0.4, 0.5) is 4.39 Å². The topological polar surface area (TPSA) is 73.8 Å². The standard InChI is InChI=1S/C26H19FN2O4S/c1-2-32-25(31)21-22(16-7-4-3-5-8-16)28-26-29(23(21)17-10-12-18(27)13-11-17)24(30)20(34-26)15-19-9-6-14-33-19/h3-15,23H,2H2,1H3/b20-15-/t23-/m0/s1. The lowest BCUT2D eigenvalue weighted by Crippen LogP contribution is -2.40. The number of halogens is 1. The number of hydrogen-bond acceptors (Lipinski definition) is 6. The zero-order chi connectivity index (χ0) is 23.7. The van der Waals surface area contributed by atoms with E-state index in [4.69, 9.17) is 14.1 Å². The van der Waals surface area contributed by atoms with Crippen molar-refractivity contribution in [2.75, 3.05) is 6.61 Å². The first-order chi connectivity index (χ1) is 16.6. The average molecular weight is 475 g/mol. The van der Waals surface area contributed by atoms with E-state index >= 15 is 0 Å². The number of benzene rings is 2. The molecule has 0 bridgehead atoms. The molecule has 6 nitrogen and oxygen atoms in total. The molecule has 4 aromatic rings. The highest BCUT2D eigenvalue weighted by molar-refractivity contribution is 7.07. The fourth-order valence-electron chi connectivity index (χ4n) is 3.90. The van der Waals surface area contributed by atoms with Gasteiger partial charge in [-0.3, -0.25) is 9.36 Å². The highest BCUT2D eigenvalue weighted by Gasteiger charge is 2.35. The largest absolute Gasteiger partial charge is 0.465 e. The lowest BCUT2D eigenvalue weighted by atomic mass is 9.93. The lowest BCUT2D eigenvalue weighted by Gasteiger charge is -2.25. The fraction of sp³-hybridized carbons (Fsp3) is 0.115. The predicted octanol–water partition coefficient (Wildman–Crippen LogP) is 3.67. The third-order valence-corrected chi connectivity index (χ3v) is 6.36. The van der Waals surface area contributed by atoms with Crippen molar-refractivity contribution in [3.8, 4) is 0 Å². The van der Waals surface area contributed by atoms with Crippen LogP contribution in [0.15, 0.2) is 92.8 Å². The Morgan fingerprint density at radius 2 is 1.91 bits per heavy atom. The molecule has 0 saturated carbocycles. The molecular weight excluding hydrogens is 455 g/mol. The van der Waals surface area contributed by atoms with Crippen LogP contribution in [-0.2, 0) is 9.53 Å². The van der Waals surface area contributed by atoms with E-state index in [2.05, 4.69) is 0 Å². The molecule has 3 heterocycles. The zero-order valence-corrected chi connectivity index (χ0v) is 18.9. The summed E-state index contributed by atoms with van der Waals surface area (Å²) in [6.45, 7) is 1.87. The highest BCUT2D eigenvalue weighted by atomic mass is 32.1. The Kier molecular flexibility index (Phi) is 5.81. The minimum Gasteiger partial charge on any atom is -0.465 e. The van der Waals surface area contributed by atoms with Crippen LogP contribution in [0.5, 0.6) is 0 Å². The minimum absolute atomic E-state index is 0.156. The summed E-state index contributed by atoms with van der Waals surface area (Å²) in [7, 11) is 0. The Labute approximate surface area is 197 Å². The SMILES string of the molecule is CCOC(=O)C1=C(c2ccccc2)N=c2s/c(=C\c3ccco3)c(=O)n2[C@H]1c1ccc(F)cc1. The van der Waals surface area contributed by atoms with E-state index in [1.165, 1.54) is 34.3 Å². The van der Waals surface area contributed by atoms with E-state index in [1.807, 2.05) is 30.3 Å². The van der Waals surface area contributed by atoms with Gasteiger partial charge in [-0.25, -0.2) is 14.2 Å². The molecule has 0 amide bonds. The van der Waals surface area contributed by atoms with Gasteiger partial charge in [-0.1, -0.05) is 53.8 Å². The van der Waals surface area contributed by atoms with Gasteiger partial charge in [-0.15, -0.1) is 0 Å². The van der Waals surface area contributed by atoms with Crippen LogP contribution >= 0.6 is 11.3 Å². The van der Waals surface area contributed by atoms with E-state index in [0.29, 0.717) is 31.9 Å². The number of rotatable bonds is 5. The van der Waals surface area contributed by atoms with Crippen molar-refractivity contribution in [3.63, 3.8) is 0 Å². The van der Waals surface area contributed by atoms with Gasteiger partial charge in [0, 0.05) is 11.6 Å². The number of carbonyl (C=O) groups is 1. The highest BCUT2D eigenvalue weighted by Crippen LogP contribution is 2.35. The first-order valence-electron chi connectivity index (χ1n) is 10.6. The molecular formula is C26H19FN2O4S. The normalized spacial score (nSPS) is 15.7. The molecule has 0 unspecified atom stereocenters.